The van der Waals surface area contributed by atoms with Crippen molar-refractivity contribution in [3.05, 3.63) is 23.3 Å². The number of nitrogens with one attached hydrogen (secondary N) is 1. The van der Waals surface area contributed by atoms with Crippen LogP contribution in [0.25, 0.3) is 0 Å². The number of amides is 1. The van der Waals surface area contributed by atoms with Gasteiger partial charge < -0.3 is 14.8 Å². The number of fused-ring (bicyclic) bond motifs is 1. The fourth-order valence-corrected chi connectivity index (χ4v) is 2.70. The van der Waals surface area contributed by atoms with Gasteiger partial charge in [0.2, 0.25) is 5.91 Å². The van der Waals surface area contributed by atoms with Crippen molar-refractivity contribution in [1.29, 1.82) is 0 Å². The predicted molar refractivity (Wildman–Crippen MR) is 81.8 cm³/mol. The van der Waals surface area contributed by atoms with Crippen molar-refractivity contribution < 1.29 is 14.3 Å². The molecule has 0 saturated carbocycles. The highest BCUT2D eigenvalue weighted by Gasteiger charge is 2.18. The van der Waals surface area contributed by atoms with Crippen molar-refractivity contribution in [2.45, 2.75) is 26.3 Å². The first kappa shape index (κ1) is 15.6. The number of hydrogen-bond acceptors (Lipinski definition) is 4. The van der Waals surface area contributed by atoms with Gasteiger partial charge in [-0.05, 0) is 36.1 Å². The largest absolute Gasteiger partial charge is 0.493 e. The molecule has 0 atom stereocenters. The van der Waals surface area contributed by atoms with Gasteiger partial charge in [-0.1, -0.05) is 0 Å². The lowest BCUT2D eigenvalue weighted by Crippen LogP contribution is -2.33. The third kappa shape index (κ3) is 4.11. The van der Waals surface area contributed by atoms with Gasteiger partial charge in [0.05, 0.1) is 14.2 Å². The Morgan fingerprint density at radius 2 is 1.90 bits per heavy atom. The van der Waals surface area contributed by atoms with E-state index in [2.05, 4.69) is 22.3 Å². The van der Waals surface area contributed by atoms with Gasteiger partial charge in [-0.25, -0.2) is 0 Å². The van der Waals surface area contributed by atoms with Crippen molar-refractivity contribution >= 4 is 5.91 Å². The Morgan fingerprint density at radius 3 is 2.52 bits per heavy atom. The first-order valence-corrected chi connectivity index (χ1v) is 7.34. The Morgan fingerprint density at radius 1 is 1.24 bits per heavy atom. The van der Waals surface area contributed by atoms with Crippen LogP contribution in [-0.4, -0.2) is 44.7 Å². The summed E-state index contributed by atoms with van der Waals surface area (Å²) < 4.78 is 10.7. The van der Waals surface area contributed by atoms with Crippen LogP contribution >= 0.6 is 0 Å². The van der Waals surface area contributed by atoms with E-state index in [0.29, 0.717) is 0 Å². The van der Waals surface area contributed by atoms with Crippen LogP contribution in [0.5, 0.6) is 11.5 Å². The van der Waals surface area contributed by atoms with Crippen LogP contribution in [0.1, 0.15) is 24.5 Å². The fourth-order valence-electron chi connectivity index (χ4n) is 2.70. The number of carbonyl (C=O) groups excluding carboxylic acids is 1. The molecule has 0 radical (unpaired) electrons. The van der Waals surface area contributed by atoms with Gasteiger partial charge in [-0.3, -0.25) is 9.69 Å². The van der Waals surface area contributed by atoms with Gasteiger partial charge in [0.1, 0.15) is 0 Å². The van der Waals surface area contributed by atoms with E-state index < -0.39 is 0 Å². The molecule has 1 heterocycles. The van der Waals surface area contributed by atoms with Crippen LogP contribution in [0, 0.1) is 0 Å². The summed E-state index contributed by atoms with van der Waals surface area (Å²) in [5.41, 5.74) is 2.64. The lowest BCUT2D eigenvalue weighted by Gasteiger charge is -2.29. The van der Waals surface area contributed by atoms with Gasteiger partial charge in [-0.15, -0.1) is 0 Å². The molecule has 0 spiro atoms. The summed E-state index contributed by atoms with van der Waals surface area (Å²) in [4.78, 5) is 13.3. The van der Waals surface area contributed by atoms with Gasteiger partial charge in [0.15, 0.2) is 11.5 Å². The Kier molecular flexibility index (Phi) is 5.44. The summed E-state index contributed by atoms with van der Waals surface area (Å²) in [6.45, 7) is 5.26. The normalized spacial score (nSPS) is 14.4. The van der Waals surface area contributed by atoms with Crippen LogP contribution in [-0.2, 0) is 17.8 Å². The minimum Gasteiger partial charge on any atom is -0.493 e. The molecule has 0 aromatic heterocycles. The standard InChI is InChI=1S/C16H24N2O3/c1-12(19)17-6-4-7-18-8-5-13-9-15(20-2)16(21-3)10-14(13)11-18/h9-10H,4-8,11H2,1-3H3,(H,17,19). The van der Waals surface area contributed by atoms with E-state index in [0.717, 1.165) is 50.5 Å². The number of benzene rings is 1. The number of carbonyl (C=O) groups is 1. The number of nitrogens with zero attached hydrogens (tertiary/aromatic N) is 1. The molecule has 0 aliphatic carbocycles. The van der Waals surface area contributed by atoms with Crippen LogP contribution < -0.4 is 14.8 Å². The third-order valence-electron chi connectivity index (χ3n) is 3.82. The number of rotatable bonds is 6. The van der Waals surface area contributed by atoms with Crippen molar-refractivity contribution in [2.75, 3.05) is 33.9 Å². The average molecular weight is 292 g/mol. The Balaban J connectivity index is 1.95. The van der Waals surface area contributed by atoms with Gasteiger partial charge in [0.25, 0.3) is 0 Å². The Bertz CT molecular complexity index is 503. The minimum atomic E-state index is 0.0378. The van der Waals surface area contributed by atoms with Crippen LogP contribution in [0.15, 0.2) is 12.1 Å². The first-order valence-electron chi connectivity index (χ1n) is 7.34. The van der Waals surface area contributed by atoms with Gasteiger partial charge in [0, 0.05) is 33.1 Å². The molecular formula is C16H24N2O3. The molecule has 1 N–H and O–H groups in total. The maximum Gasteiger partial charge on any atom is 0.216 e. The second kappa shape index (κ2) is 7.31. The highest BCUT2D eigenvalue weighted by molar-refractivity contribution is 5.72. The molecule has 1 aliphatic rings. The zero-order valence-corrected chi connectivity index (χ0v) is 13.1. The van der Waals surface area contributed by atoms with E-state index in [1.807, 2.05) is 0 Å². The summed E-state index contributed by atoms with van der Waals surface area (Å²) in [5.74, 6) is 1.63. The summed E-state index contributed by atoms with van der Waals surface area (Å²) in [6, 6.07) is 4.16. The molecular weight excluding hydrogens is 268 g/mol. The smallest absolute Gasteiger partial charge is 0.216 e. The number of hydrogen-bond donors (Lipinski definition) is 1. The molecule has 1 amide bonds. The molecule has 0 bridgehead atoms. The Labute approximate surface area is 126 Å². The van der Waals surface area contributed by atoms with Crippen molar-refractivity contribution in [2.24, 2.45) is 0 Å². The summed E-state index contributed by atoms with van der Waals surface area (Å²) >= 11 is 0. The molecule has 5 heteroatoms. The predicted octanol–water partition coefficient (Wildman–Crippen LogP) is 1.59. The number of ether oxygens (including phenoxy) is 2. The summed E-state index contributed by atoms with van der Waals surface area (Å²) in [6.07, 6.45) is 2.00. The molecule has 1 aliphatic heterocycles. The van der Waals surface area contributed by atoms with E-state index in [1.165, 1.54) is 11.1 Å². The molecule has 0 saturated heterocycles. The van der Waals surface area contributed by atoms with E-state index in [4.69, 9.17) is 9.47 Å². The van der Waals surface area contributed by atoms with Crippen molar-refractivity contribution in [1.82, 2.24) is 10.2 Å². The third-order valence-corrected chi connectivity index (χ3v) is 3.82. The maximum absolute atomic E-state index is 10.8. The van der Waals surface area contributed by atoms with Crippen molar-refractivity contribution in [3.63, 3.8) is 0 Å². The maximum atomic E-state index is 10.8. The van der Waals surface area contributed by atoms with Gasteiger partial charge in [-0.2, -0.15) is 0 Å². The zero-order valence-electron chi connectivity index (χ0n) is 13.1. The van der Waals surface area contributed by atoms with E-state index in [1.54, 1.807) is 21.1 Å². The molecule has 1 aromatic carbocycles. The lowest BCUT2D eigenvalue weighted by molar-refractivity contribution is -0.118. The zero-order chi connectivity index (χ0) is 15.2. The number of methoxy groups -OCH3 is 2. The van der Waals surface area contributed by atoms with Crippen LogP contribution in [0.3, 0.4) is 0 Å². The molecule has 5 nitrogen and oxygen atoms in total. The van der Waals surface area contributed by atoms with E-state index >= 15 is 0 Å². The fraction of sp³-hybridized carbons (Fsp3) is 0.562. The molecule has 1 aromatic rings. The van der Waals surface area contributed by atoms with Crippen LogP contribution in [0.2, 0.25) is 0 Å². The second-order valence-corrected chi connectivity index (χ2v) is 5.34. The first-order chi connectivity index (χ1) is 10.1. The monoisotopic (exact) mass is 292 g/mol. The summed E-state index contributed by atoms with van der Waals surface area (Å²) in [7, 11) is 3.33. The highest BCUT2D eigenvalue weighted by atomic mass is 16.5. The molecule has 116 valence electrons. The topological polar surface area (TPSA) is 50.8 Å². The molecule has 21 heavy (non-hydrogen) atoms. The van der Waals surface area contributed by atoms with E-state index in [-0.39, 0.29) is 5.91 Å². The summed E-state index contributed by atoms with van der Waals surface area (Å²) in [5, 5.41) is 2.84. The van der Waals surface area contributed by atoms with Crippen molar-refractivity contribution in [3.8, 4) is 11.5 Å². The Hall–Kier alpha value is -1.75. The molecule has 0 unspecified atom stereocenters. The molecule has 2 rings (SSSR count). The average Bonchev–Trinajstić information content (AvgIpc) is 2.49. The lowest BCUT2D eigenvalue weighted by atomic mass is 9.98. The SMILES string of the molecule is COc1cc2c(cc1OC)CN(CCCNC(C)=O)CC2. The highest BCUT2D eigenvalue weighted by Crippen LogP contribution is 2.33. The van der Waals surface area contributed by atoms with Crippen LogP contribution in [0.4, 0.5) is 0 Å². The second-order valence-electron chi connectivity index (χ2n) is 5.34. The van der Waals surface area contributed by atoms with Gasteiger partial charge >= 0.3 is 0 Å². The quantitative estimate of drug-likeness (QED) is 0.809. The minimum absolute atomic E-state index is 0.0378. The van der Waals surface area contributed by atoms with E-state index in [9.17, 15) is 4.79 Å². The molecule has 0 fully saturated rings.